The lowest BCUT2D eigenvalue weighted by atomic mass is 10.1. The van der Waals surface area contributed by atoms with Gasteiger partial charge in [0, 0.05) is 37.9 Å². The Kier molecular flexibility index (Phi) is 4.70. The van der Waals surface area contributed by atoms with Crippen LogP contribution in [-0.4, -0.2) is 20.8 Å². The van der Waals surface area contributed by atoms with Crippen LogP contribution in [0.1, 0.15) is 33.0 Å². The Labute approximate surface area is 141 Å². The van der Waals surface area contributed by atoms with Gasteiger partial charge in [-0.15, -0.1) is 0 Å². The van der Waals surface area contributed by atoms with Gasteiger partial charge in [-0.25, -0.2) is 0 Å². The Morgan fingerprint density at radius 3 is 2.42 bits per heavy atom. The second kappa shape index (κ2) is 7.08. The highest BCUT2D eigenvalue weighted by Gasteiger charge is 2.21. The number of carbonyl (C=O) groups excluding carboxylic acids is 1. The van der Waals surface area contributed by atoms with Crippen LogP contribution in [-0.2, 0) is 13.1 Å². The molecule has 3 aromatic rings. The third kappa shape index (κ3) is 3.68. The quantitative estimate of drug-likeness (QED) is 0.721. The molecule has 0 aliphatic carbocycles. The van der Waals surface area contributed by atoms with Crippen molar-refractivity contribution < 1.29 is 9.21 Å². The minimum Gasteiger partial charge on any atom is -0.466 e. The second-order valence-electron chi connectivity index (χ2n) is 5.70. The van der Waals surface area contributed by atoms with Crippen LogP contribution in [0.15, 0.2) is 59.5 Å². The first-order valence-corrected chi connectivity index (χ1v) is 7.77. The van der Waals surface area contributed by atoms with Gasteiger partial charge in [0.1, 0.15) is 11.5 Å². The highest BCUT2D eigenvalue weighted by atomic mass is 16.3. The molecular formula is C19H19N3O2. The Morgan fingerprint density at radius 2 is 1.79 bits per heavy atom. The summed E-state index contributed by atoms with van der Waals surface area (Å²) in [6.07, 6.45) is 6.97. The summed E-state index contributed by atoms with van der Waals surface area (Å²) in [7, 11) is 0. The maximum absolute atomic E-state index is 13.0. The van der Waals surface area contributed by atoms with E-state index in [4.69, 9.17) is 4.42 Å². The van der Waals surface area contributed by atoms with E-state index in [1.54, 1.807) is 35.8 Å². The van der Waals surface area contributed by atoms with Gasteiger partial charge in [-0.2, -0.15) is 0 Å². The maximum atomic E-state index is 13.0. The van der Waals surface area contributed by atoms with Crippen molar-refractivity contribution in [1.82, 2.24) is 14.9 Å². The summed E-state index contributed by atoms with van der Waals surface area (Å²) in [5.74, 6) is 1.33. The largest absolute Gasteiger partial charge is 0.466 e. The van der Waals surface area contributed by atoms with Crippen LogP contribution in [0.5, 0.6) is 0 Å². The molecule has 0 saturated carbocycles. The first-order chi connectivity index (χ1) is 11.6. The van der Waals surface area contributed by atoms with Crippen molar-refractivity contribution in [3.8, 4) is 0 Å². The molecule has 0 aromatic carbocycles. The molecular weight excluding hydrogens is 302 g/mol. The summed E-state index contributed by atoms with van der Waals surface area (Å²) in [6.45, 7) is 4.64. The van der Waals surface area contributed by atoms with E-state index in [-0.39, 0.29) is 5.91 Å². The molecule has 5 heteroatoms. The average molecular weight is 321 g/mol. The average Bonchev–Trinajstić information content (AvgIpc) is 2.94. The van der Waals surface area contributed by atoms with Crippen LogP contribution in [0.2, 0.25) is 0 Å². The number of nitrogens with zero attached hydrogens (tertiary/aromatic N) is 3. The van der Waals surface area contributed by atoms with Crippen LogP contribution >= 0.6 is 0 Å². The fraction of sp³-hybridized carbons (Fsp3) is 0.211. The fourth-order valence-corrected chi connectivity index (χ4v) is 2.63. The molecule has 24 heavy (non-hydrogen) atoms. The molecule has 0 fully saturated rings. The molecule has 0 spiro atoms. The van der Waals surface area contributed by atoms with Gasteiger partial charge in [0.15, 0.2) is 0 Å². The zero-order chi connectivity index (χ0) is 16.9. The summed E-state index contributed by atoms with van der Waals surface area (Å²) in [5, 5.41) is 0. The van der Waals surface area contributed by atoms with Crippen molar-refractivity contribution in [1.29, 1.82) is 0 Å². The lowest BCUT2D eigenvalue weighted by molar-refractivity contribution is 0.0728. The summed E-state index contributed by atoms with van der Waals surface area (Å²) < 4.78 is 5.52. The summed E-state index contributed by atoms with van der Waals surface area (Å²) in [5.41, 5.74) is 2.61. The lowest BCUT2D eigenvalue weighted by Crippen LogP contribution is -2.30. The van der Waals surface area contributed by atoms with Crippen molar-refractivity contribution in [2.45, 2.75) is 26.9 Å². The monoisotopic (exact) mass is 321 g/mol. The van der Waals surface area contributed by atoms with E-state index in [2.05, 4.69) is 9.97 Å². The van der Waals surface area contributed by atoms with Crippen molar-refractivity contribution in [2.24, 2.45) is 0 Å². The maximum Gasteiger partial charge on any atom is 0.258 e. The first kappa shape index (κ1) is 15.9. The van der Waals surface area contributed by atoms with E-state index in [0.717, 1.165) is 16.9 Å². The van der Waals surface area contributed by atoms with E-state index in [1.807, 2.05) is 38.1 Å². The predicted octanol–water partition coefficient (Wildman–Crippen LogP) is 3.53. The number of aromatic nitrogens is 2. The first-order valence-electron chi connectivity index (χ1n) is 7.77. The van der Waals surface area contributed by atoms with Gasteiger partial charge >= 0.3 is 0 Å². The number of pyridine rings is 2. The molecule has 3 heterocycles. The predicted molar refractivity (Wildman–Crippen MR) is 90.2 cm³/mol. The summed E-state index contributed by atoms with van der Waals surface area (Å²) in [6, 6.07) is 9.46. The summed E-state index contributed by atoms with van der Waals surface area (Å²) in [4.78, 5) is 23.0. The lowest BCUT2D eigenvalue weighted by Gasteiger charge is -2.22. The van der Waals surface area contributed by atoms with Gasteiger partial charge in [0.2, 0.25) is 0 Å². The third-order valence-corrected chi connectivity index (χ3v) is 3.78. The van der Waals surface area contributed by atoms with Crippen molar-refractivity contribution in [2.75, 3.05) is 0 Å². The normalized spacial score (nSPS) is 10.6. The topological polar surface area (TPSA) is 59.2 Å². The van der Waals surface area contributed by atoms with Crippen LogP contribution in [0.25, 0.3) is 0 Å². The number of amides is 1. The standard InChI is InChI=1S/C19H19N3O2/c1-14-10-18(15(2)24-14)19(23)22(12-16-5-8-20-9-6-16)13-17-4-3-7-21-11-17/h3-11H,12-13H2,1-2H3. The number of carbonyl (C=O) groups is 1. The smallest absolute Gasteiger partial charge is 0.258 e. The SMILES string of the molecule is Cc1cc(C(=O)N(Cc2ccncc2)Cc2cccnc2)c(C)o1. The van der Waals surface area contributed by atoms with Gasteiger partial charge in [-0.1, -0.05) is 6.07 Å². The van der Waals surface area contributed by atoms with E-state index < -0.39 is 0 Å². The Hall–Kier alpha value is -2.95. The number of rotatable bonds is 5. The zero-order valence-corrected chi connectivity index (χ0v) is 13.8. The van der Waals surface area contributed by atoms with Gasteiger partial charge in [0.25, 0.3) is 5.91 Å². The molecule has 3 rings (SSSR count). The molecule has 0 saturated heterocycles. The van der Waals surface area contributed by atoms with Gasteiger partial charge < -0.3 is 9.32 Å². The zero-order valence-electron chi connectivity index (χ0n) is 13.8. The number of furan rings is 1. The van der Waals surface area contributed by atoms with Crippen LogP contribution < -0.4 is 0 Å². The molecule has 0 atom stereocenters. The van der Waals surface area contributed by atoms with E-state index >= 15 is 0 Å². The van der Waals surface area contributed by atoms with Gasteiger partial charge in [-0.3, -0.25) is 14.8 Å². The highest BCUT2D eigenvalue weighted by molar-refractivity contribution is 5.95. The fourth-order valence-electron chi connectivity index (χ4n) is 2.63. The van der Waals surface area contributed by atoms with Crippen LogP contribution in [0.4, 0.5) is 0 Å². The molecule has 0 bridgehead atoms. The second-order valence-corrected chi connectivity index (χ2v) is 5.70. The molecule has 0 aliphatic rings. The molecule has 3 aromatic heterocycles. The summed E-state index contributed by atoms with van der Waals surface area (Å²) >= 11 is 0. The third-order valence-electron chi connectivity index (χ3n) is 3.78. The van der Waals surface area contributed by atoms with Crippen molar-refractivity contribution in [3.63, 3.8) is 0 Å². The molecule has 1 amide bonds. The highest BCUT2D eigenvalue weighted by Crippen LogP contribution is 2.19. The number of hydrogen-bond donors (Lipinski definition) is 0. The van der Waals surface area contributed by atoms with E-state index in [9.17, 15) is 4.79 Å². The molecule has 0 aliphatic heterocycles. The Balaban J connectivity index is 1.89. The Bertz CT molecular complexity index is 772. The molecule has 0 unspecified atom stereocenters. The van der Waals surface area contributed by atoms with Gasteiger partial charge in [-0.05, 0) is 49.2 Å². The molecule has 122 valence electrons. The van der Waals surface area contributed by atoms with Gasteiger partial charge in [0.05, 0.1) is 5.56 Å². The number of hydrogen-bond acceptors (Lipinski definition) is 4. The minimum atomic E-state index is -0.0509. The van der Waals surface area contributed by atoms with Crippen LogP contribution in [0, 0.1) is 13.8 Å². The minimum absolute atomic E-state index is 0.0509. The van der Waals surface area contributed by atoms with E-state index in [0.29, 0.717) is 24.4 Å². The van der Waals surface area contributed by atoms with E-state index in [1.165, 1.54) is 0 Å². The van der Waals surface area contributed by atoms with Crippen molar-refractivity contribution >= 4 is 5.91 Å². The molecule has 0 radical (unpaired) electrons. The van der Waals surface area contributed by atoms with Crippen molar-refractivity contribution in [3.05, 3.63) is 83.3 Å². The van der Waals surface area contributed by atoms with Crippen LogP contribution in [0.3, 0.4) is 0 Å². The molecule has 0 N–H and O–H groups in total. The number of aryl methyl sites for hydroxylation is 2. The molecule has 5 nitrogen and oxygen atoms in total. The Morgan fingerprint density at radius 1 is 1.04 bits per heavy atom.